The number of carbonyl (C=O) groups excluding carboxylic acids is 1. The molecule has 7 nitrogen and oxygen atoms in total. The predicted octanol–water partition coefficient (Wildman–Crippen LogP) is 1.12. The van der Waals surface area contributed by atoms with Crippen LogP contribution in [0.2, 0.25) is 0 Å². The smallest absolute Gasteiger partial charge is 0.261 e. The van der Waals surface area contributed by atoms with Gasteiger partial charge in [-0.05, 0) is 18.2 Å². The van der Waals surface area contributed by atoms with E-state index >= 15 is 0 Å². The summed E-state index contributed by atoms with van der Waals surface area (Å²) in [5.41, 5.74) is 1.13. The SMILES string of the molecule is COc1ncccc1CNC(=O)Cn1cnc2ccccc2c1=O. The Bertz CT molecular complexity index is 936. The van der Waals surface area contributed by atoms with Gasteiger partial charge in [0.2, 0.25) is 11.8 Å². The van der Waals surface area contributed by atoms with Crippen LogP contribution in [-0.4, -0.2) is 27.6 Å². The van der Waals surface area contributed by atoms with Gasteiger partial charge in [-0.15, -0.1) is 0 Å². The maximum Gasteiger partial charge on any atom is 0.261 e. The highest BCUT2D eigenvalue weighted by molar-refractivity contribution is 5.78. The molecule has 0 saturated heterocycles. The topological polar surface area (TPSA) is 86.1 Å². The lowest BCUT2D eigenvalue weighted by molar-refractivity contribution is -0.121. The Morgan fingerprint density at radius 3 is 2.88 bits per heavy atom. The molecule has 0 saturated carbocycles. The lowest BCUT2D eigenvalue weighted by Gasteiger charge is -2.10. The maximum absolute atomic E-state index is 12.4. The number of benzene rings is 1. The van der Waals surface area contributed by atoms with Gasteiger partial charge < -0.3 is 10.1 Å². The van der Waals surface area contributed by atoms with E-state index < -0.39 is 0 Å². The summed E-state index contributed by atoms with van der Waals surface area (Å²) in [6.07, 6.45) is 3.00. The molecule has 0 atom stereocenters. The largest absolute Gasteiger partial charge is 0.481 e. The number of hydrogen-bond acceptors (Lipinski definition) is 5. The number of methoxy groups -OCH3 is 1. The third-order valence-electron chi connectivity index (χ3n) is 3.56. The van der Waals surface area contributed by atoms with Crippen LogP contribution < -0.4 is 15.6 Å². The van der Waals surface area contributed by atoms with Gasteiger partial charge in [0.05, 0.1) is 24.3 Å². The van der Waals surface area contributed by atoms with Gasteiger partial charge >= 0.3 is 0 Å². The third-order valence-corrected chi connectivity index (χ3v) is 3.56. The second-order valence-corrected chi connectivity index (χ2v) is 5.14. The van der Waals surface area contributed by atoms with Crippen LogP contribution in [0.25, 0.3) is 10.9 Å². The predicted molar refractivity (Wildman–Crippen MR) is 88.6 cm³/mol. The number of carbonyl (C=O) groups is 1. The molecule has 3 aromatic rings. The molecule has 0 unspecified atom stereocenters. The fourth-order valence-corrected chi connectivity index (χ4v) is 2.37. The maximum atomic E-state index is 12.4. The first-order valence-corrected chi connectivity index (χ1v) is 7.38. The molecule has 0 radical (unpaired) electrons. The van der Waals surface area contributed by atoms with E-state index in [1.807, 2.05) is 12.1 Å². The number of pyridine rings is 1. The molecular formula is C17H16N4O3. The summed E-state index contributed by atoms with van der Waals surface area (Å²) in [6, 6.07) is 10.6. The molecule has 0 bridgehead atoms. The van der Waals surface area contributed by atoms with Crippen molar-refractivity contribution in [2.75, 3.05) is 7.11 Å². The van der Waals surface area contributed by atoms with Crippen molar-refractivity contribution in [1.82, 2.24) is 19.9 Å². The highest BCUT2D eigenvalue weighted by atomic mass is 16.5. The monoisotopic (exact) mass is 324 g/mol. The zero-order valence-corrected chi connectivity index (χ0v) is 13.1. The van der Waals surface area contributed by atoms with E-state index in [9.17, 15) is 9.59 Å². The number of aromatic nitrogens is 3. The molecule has 1 amide bonds. The molecule has 122 valence electrons. The van der Waals surface area contributed by atoms with E-state index in [2.05, 4.69) is 15.3 Å². The van der Waals surface area contributed by atoms with Gasteiger partial charge in [0.25, 0.3) is 5.56 Å². The Morgan fingerprint density at radius 1 is 1.21 bits per heavy atom. The van der Waals surface area contributed by atoms with Crippen LogP contribution in [0.4, 0.5) is 0 Å². The van der Waals surface area contributed by atoms with Crippen LogP contribution >= 0.6 is 0 Å². The van der Waals surface area contributed by atoms with Gasteiger partial charge in [0.1, 0.15) is 6.54 Å². The van der Waals surface area contributed by atoms with Crippen molar-refractivity contribution in [2.45, 2.75) is 13.1 Å². The van der Waals surface area contributed by atoms with E-state index in [0.717, 1.165) is 5.56 Å². The molecule has 0 spiro atoms. The Labute approximate surface area is 137 Å². The summed E-state index contributed by atoms with van der Waals surface area (Å²) >= 11 is 0. The molecule has 2 heterocycles. The van der Waals surface area contributed by atoms with E-state index in [0.29, 0.717) is 16.8 Å². The number of ether oxygens (including phenoxy) is 1. The minimum absolute atomic E-state index is 0.0980. The van der Waals surface area contributed by atoms with Gasteiger partial charge in [-0.25, -0.2) is 9.97 Å². The number of nitrogens with one attached hydrogen (secondary N) is 1. The molecule has 7 heteroatoms. The Hall–Kier alpha value is -3.22. The molecule has 0 fully saturated rings. The Kier molecular flexibility index (Phi) is 4.51. The highest BCUT2D eigenvalue weighted by Gasteiger charge is 2.09. The van der Waals surface area contributed by atoms with Gasteiger partial charge in [0.15, 0.2) is 0 Å². The Morgan fingerprint density at radius 2 is 2.04 bits per heavy atom. The van der Waals surface area contributed by atoms with Crippen molar-refractivity contribution >= 4 is 16.8 Å². The summed E-state index contributed by atoms with van der Waals surface area (Å²) < 4.78 is 6.43. The van der Waals surface area contributed by atoms with Crippen LogP contribution in [0.1, 0.15) is 5.56 Å². The van der Waals surface area contributed by atoms with Gasteiger partial charge in [-0.2, -0.15) is 0 Å². The standard InChI is InChI=1S/C17H16N4O3/c1-24-16-12(5-4-8-18-16)9-19-15(22)10-21-11-20-14-7-3-2-6-13(14)17(21)23/h2-8,11H,9-10H2,1H3,(H,19,22). The third kappa shape index (κ3) is 3.24. The van der Waals surface area contributed by atoms with Crippen molar-refractivity contribution in [3.63, 3.8) is 0 Å². The zero-order chi connectivity index (χ0) is 16.9. The molecule has 1 aromatic carbocycles. The molecule has 1 N–H and O–H groups in total. The number of para-hydroxylation sites is 1. The number of rotatable bonds is 5. The first-order valence-electron chi connectivity index (χ1n) is 7.38. The van der Waals surface area contributed by atoms with Crippen molar-refractivity contribution in [3.05, 3.63) is 64.8 Å². The average molecular weight is 324 g/mol. The number of fused-ring (bicyclic) bond motifs is 1. The van der Waals surface area contributed by atoms with Crippen LogP contribution in [0.15, 0.2) is 53.7 Å². The lowest BCUT2D eigenvalue weighted by Crippen LogP contribution is -2.32. The van der Waals surface area contributed by atoms with Crippen LogP contribution in [-0.2, 0) is 17.9 Å². The first kappa shape index (κ1) is 15.7. The van der Waals surface area contributed by atoms with Crippen LogP contribution in [0.3, 0.4) is 0 Å². The first-order chi connectivity index (χ1) is 11.7. The van der Waals surface area contributed by atoms with E-state index in [1.165, 1.54) is 18.0 Å². The normalized spacial score (nSPS) is 10.5. The minimum atomic E-state index is -0.292. The van der Waals surface area contributed by atoms with Crippen molar-refractivity contribution in [2.24, 2.45) is 0 Å². The molecule has 2 aromatic heterocycles. The Balaban J connectivity index is 1.71. The fourth-order valence-electron chi connectivity index (χ4n) is 2.37. The van der Waals surface area contributed by atoms with E-state index in [-0.39, 0.29) is 24.6 Å². The second kappa shape index (κ2) is 6.91. The zero-order valence-electron chi connectivity index (χ0n) is 13.1. The number of amides is 1. The van der Waals surface area contributed by atoms with Crippen LogP contribution in [0.5, 0.6) is 5.88 Å². The molecule has 24 heavy (non-hydrogen) atoms. The quantitative estimate of drug-likeness (QED) is 0.760. The molecule has 3 rings (SSSR count). The van der Waals surface area contributed by atoms with Crippen molar-refractivity contribution in [1.29, 1.82) is 0 Å². The molecule has 0 aliphatic carbocycles. The summed E-state index contributed by atoms with van der Waals surface area (Å²) in [5.74, 6) is 0.169. The molecule has 0 aliphatic rings. The van der Waals surface area contributed by atoms with Gasteiger partial charge in [-0.3, -0.25) is 14.2 Å². The second-order valence-electron chi connectivity index (χ2n) is 5.14. The van der Waals surface area contributed by atoms with Gasteiger partial charge in [-0.1, -0.05) is 18.2 Å². The highest BCUT2D eigenvalue weighted by Crippen LogP contribution is 2.12. The van der Waals surface area contributed by atoms with Crippen molar-refractivity contribution in [3.8, 4) is 5.88 Å². The van der Waals surface area contributed by atoms with Gasteiger partial charge in [0, 0.05) is 18.3 Å². The fraction of sp³-hybridized carbons (Fsp3) is 0.176. The minimum Gasteiger partial charge on any atom is -0.481 e. The summed E-state index contributed by atoms with van der Waals surface area (Å²) in [5, 5.41) is 3.24. The average Bonchev–Trinajstić information content (AvgIpc) is 2.63. The molecule has 0 aliphatic heterocycles. The van der Waals surface area contributed by atoms with E-state index in [1.54, 1.807) is 30.5 Å². The van der Waals surface area contributed by atoms with Crippen LogP contribution in [0, 0.1) is 0 Å². The lowest BCUT2D eigenvalue weighted by atomic mass is 10.2. The summed E-state index contributed by atoms with van der Waals surface area (Å²) in [7, 11) is 1.52. The summed E-state index contributed by atoms with van der Waals surface area (Å²) in [6.45, 7) is 0.171. The number of hydrogen-bond donors (Lipinski definition) is 1. The summed E-state index contributed by atoms with van der Waals surface area (Å²) in [4.78, 5) is 32.7. The molecular weight excluding hydrogens is 308 g/mol. The number of nitrogens with zero attached hydrogens (tertiary/aromatic N) is 3. The van der Waals surface area contributed by atoms with Crippen molar-refractivity contribution < 1.29 is 9.53 Å². The van der Waals surface area contributed by atoms with E-state index in [4.69, 9.17) is 4.74 Å².